The molecule has 5 nitrogen and oxygen atoms in total. The molecule has 29 heavy (non-hydrogen) atoms. The van der Waals surface area contributed by atoms with E-state index in [1.54, 1.807) is 4.90 Å². The van der Waals surface area contributed by atoms with Crippen molar-refractivity contribution in [2.24, 2.45) is 5.92 Å². The zero-order chi connectivity index (χ0) is 20.2. The number of anilines is 2. The molecule has 2 heterocycles. The highest BCUT2D eigenvalue weighted by molar-refractivity contribution is 5.99. The maximum atomic E-state index is 12.9. The average Bonchev–Trinajstić information content (AvgIpc) is 3.11. The molecule has 2 amide bonds. The van der Waals surface area contributed by atoms with Crippen LogP contribution in [0.4, 0.5) is 11.4 Å². The van der Waals surface area contributed by atoms with E-state index in [0.29, 0.717) is 13.1 Å². The number of amides is 2. The first-order chi connectivity index (χ1) is 14.1. The smallest absolute Gasteiger partial charge is 0.229 e. The molecular weight excluding hydrogens is 362 g/mol. The molecule has 2 saturated heterocycles. The van der Waals surface area contributed by atoms with Crippen molar-refractivity contribution in [3.05, 3.63) is 59.7 Å². The summed E-state index contributed by atoms with van der Waals surface area (Å²) in [6, 6.07) is 16.2. The van der Waals surface area contributed by atoms with Crippen LogP contribution in [0.2, 0.25) is 0 Å². The summed E-state index contributed by atoms with van der Waals surface area (Å²) < 4.78 is 0. The van der Waals surface area contributed by atoms with Crippen molar-refractivity contribution in [1.82, 2.24) is 4.90 Å². The first-order valence-corrected chi connectivity index (χ1v) is 10.6. The predicted molar refractivity (Wildman–Crippen MR) is 116 cm³/mol. The molecule has 0 aliphatic carbocycles. The van der Waals surface area contributed by atoms with Crippen LogP contribution >= 0.6 is 0 Å². The molecule has 0 aromatic heterocycles. The number of hydrogen-bond acceptors (Lipinski definition) is 3. The van der Waals surface area contributed by atoms with Gasteiger partial charge in [-0.15, -0.1) is 0 Å². The number of benzene rings is 2. The van der Waals surface area contributed by atoms with E-state index in [4.69, 9.17) is 0 Å². The van der Waals surface area contributed by atoms with E-state index in [9.17, 15) is 9.59 Å². The molecule has 2 aliphatic heterocycles. The van der Waals surface area contributed by atoms with Crippen LogP contribution in [0.25, 0.3) is 0 Å². The van der Waals surface area contributed by atoms with Gasteiger partial charge < -0.3 is 15.1 Å². The first-order valence-electron chi connectivity index (χ1n) is 10.6. The van der Waals surface area contributed by atoms with Crippen molar-refractivity contribution in [2.45, 2.75) is 39.2 Å². The second-order valence-corrected chi connectivity index (χ2v) is 8.22. The largest absolute Gasteiger partial charge is 0.370 e. The fourth-order valence-electron chi connectivity index (χ4n) is 4.24. The second kappa shape index (κ2) is 8.68. The highest BCUT2D eigenvalue weighted by Crippen LogP contribution is 2.30. The lowest BCUT2D eigenvalue weighted by Crippen LogP contribution is -2.31. The van der Waals surface area contributed by atoms with Crippen LogP contribution in [0.5, 0.6) is 0 Å². The van der Waals surface area contributed by atoms with Gasteiger partial charge >= 0.3 is 0 Å². The molecule has 152 valence electrons. The maximum absolute atomic E-state index is 12.9. The lowest BCUT2D eigenvalue weighted by molar-refractivity contribution is -0.128. The van der Waals surface area contributed by atoms with Gasteiger partial charge in [0.15, 0.2) is 0 Å². The number of carbonyl (C=O) groups is 2. The highest BCUT2D eigenvalue weighted by atomic mass is 16.2. The number of nitrogens with zero attached hydrogens (tertiary/aromatic N) is 2. The molecule has 1 N–H and O–H groups in total. The number of aryl methyl sites for hydroxylation is 1. The minimum absolute atomic E-state index is 0.0510. The van der Waals surface area contributed by atoms with Crippen LogP contribution in [-0.4, -0.2) is 36.3 Å². The second-order valence-electron chi connectivity index (χ2n) is 8.22. The van der Waals surface area contributed by atoms with Gasteiger partial charge in [-0.3, -0.25) is 9.59 Å². The Balaban J connectivity index is 1.40. The fourth-order valence-corrected chi connectivity index (χ4v) is 4.24. The molecule has 2 aromatic rings. The van der Waals surface area contributed by atoms with Crippen LogP contribution in [0.15, 0.2) is 48.5 Å². The number of piperidine rings is 1. The van der Waals surface area contributed by atoms with Crippen molar-refractivity contribution < 1.29 is 9.59 Å². The normalized spacial score (nSPS) is 19.5. The summed E-state index contributed by atoms with van der Waals surface area (Å²) in [5.41, 5.74) is 4.23. The first kappa shape index (κ1) is 19.5. The van der Waals surface area contributed by atoms with Crippen LogP contribution in [0, 0.1) is 12.8 Å². The Hall–Kier alpha value is -2.82. The van der Waals surface area contributed by atoms with E-state index in [1.165, 1.54) is 24.8 Å². The van der Waals surface area contributed by atoms with Crippen molar-refractivity contribution in [2.75, 3.05) is 29.9 Å². The number of likely N-dealkylation sites (tertiary alicyclic amines) is 1. The van der Waals surface area contributed by atoms with Gasteiger partial charge in [-0.2, -0.15) is 0 Å². The summed E-state index contributed by atoms with van der Waals surface area (Å²) in [6.07, 6.45) is 3.93. The average molecular weight is 392 g/mol. The molecule has 1 atom stereocenters. The van der Waals surface area contributed by atoms with E-state index in [2.05, 4.69) is 28.4 Å². The minimum Gasteiger partial charge on any atom is -0.370 e. The summed E-state index contributed by atoms with van der Waals surface area (Å²) in [7, 11) is 0. The van der Waals surface area contributed by atoms with Crippen LogP contribution in [0.1, 0.15) is 36.8 Å². The molecule has 2 aromatic carbocycles. The van der Waals surface area contributed by atoms with Crippen LogP contribution in [-0.2, 0) is 16.1 Å². The van der Waals surface area contributed by atoms with Gasteiger partial charge in [0.1, 0.15) is 0 Å². The maximum Gasteiger partial charge on any atom is 0.229 e. The minimum atomic E-state index is -0.303. The van der Waals surface area contributed by atoms with E-state index in [0.717, 1.165) is 30.0 Å². The van der Waals surface area contributed by atoms with E-state index in [-0.39, 0.29) is 24.2 Å². The van der Waals surface area contributed by atoms with Gasteiger partial charge in [0.05, 0.1) is 17.3 Å². The summed E-state index contributed by atoms with van der Waals surface area (Å²) in [6.45, 7) is 5.14. The number of para-hydroxylation sites is 2. The predicted octanol–water partition coefficient (Wildman–Crippen LogP) is 3.97. The Morgan fingerprint density at radius 1 is 1.03 bits per heavy atom. The standard InChI is InChI=1S/C24H29N3O2/c1-18-9-11-19(12-10-18)16-27-17-20(15-23(27)28)24(29)25-21-7-3-4-8-22(21)26-13-5-2-6-14-26/h3-4,7-12,20H,2,5-6,13-17H2,1H3,(H,25,29). The topological polar surface area (TPSA) is 52.7 Å². The molecule has 4 rings (SSSR count). The van der Waals surface area contributed by atoms with Crippen LogP contribution in [0.3, 0.4) is 0 Å². The zero-order valence-corrected chi connectivity index (χ0v) is 17.1. The van der Waals surface area contributed by atoms with E-state index < -0.39 is 0 Å². The highest BCUT2D eigenvalue weighted by Gasteiger charge is 2.34. The molecule has 0 bridgehead atoms. The Kier molecular flexibility index (Phi) is 5.84. The summed E-state index contributed by atoms with van der Waals surface area (Å²) >= 11 is 0. The number of carbonyl (C=O) groups excluding carboxylic acids is 2. The van der Waals surface area contributed by atoms with Gasteiger partial charge in [-0.25, -0.2) is 0 Å². The molecule has 0 radical (unpaired) electrons. The van der Waals surface area contributed by atoms with E-state index >= 15 is 0 Å². The lowest BCUT2D eigenvalue weighted by atomic mass is 10.1. The number of nitrogens with one attached hydrogen (secondary N) is 1. The Morgan fingerprint density at radius 3 is 2.52 bits per heavy atom. The lowest BCUT2D eigenvalue weighted by Gasteiger charge is -2.30. The molecule has 1 unspecified atom stereocenters. The monoisotopic (exact) mass is 391 g/mol. The van der Waals surface area contributed by atoms with E-state index in [1.807, 2.05) is 37.3 Å². The quantitative estimate of drug-likeness (QED) is 0.839. The van der Waals surface area contributed by atoms with Gasteiger partial charge in [0.2, 0.25) is 11.8 Å². The molecule has 2 fully saturated rings. The van der Waals surface area contributed by atoms with Gasteiger partial charge in [-0.05, 0) is 43.9 Å². The van der Waals surface area contributed by atoms with Crippen molar-refractivity contribution in [3.8, 4) is 0 Å². The third-order valence-electron chi connectivity index (χ3n) is 5.94. The number of hydrogen-bond donors (Lipinski definition) is 1. The SMILES string of the molecule is Cc1ccc(CN2CC(C(=O)Nc3ccccc3N3CCCCC3)CC2=O)cc1. The molecular formula is C24H29N3O2. The fraction of sp³-hybridized carbons (Fsp3) is 0.417. The number of rotatable bonds is 5. The molecule has 0 spiro atoms. The summed E-state index contributed by atoms with van der Waals surface area (Å²) in [5.74, 6) is -0.313. The Bertz CT molecular complexity index is 872. The summed E-state index contributed by atoms with van der Waals surface area (Å²) in [5, 5.41) is 3.10. The van der Waals surface area contributed by atoms with Crippen LogP contribution < -0.4 is 10.2 Å². The van der Waals surface area contributed by atoms with Gasteiger partial charge in [0, 0.05) is 32.6 Å². The third-order valence-corrected chi connectivity index (χ3v) is 5.94. The zero-order valence-electron chi connectivity index (χ0n) is 17.1. The van der Waals surface area contributed by atoms with Crippen molar-refractivity contribution in [3.63, 3.8) is 0 Å². The third kappa shape index (κ3) is 4.61. The molecule has 2 aliphatic rings. The van der Waals surface area contributed by atoms with Gasteiger partial charge in [-0.1, -0.05) is 42.0 Å². The molecule has 5 heteroatoms. The Morgan fingerprint density at radius 2 is 1.76 bits per heavy atom. The van der Waals surface area contributed by atoms with Gasteiger partial charge in [0.25, 0.3) is 0 Å². The Labute approximate surface area is 172 Å². The van der Waals surface area contributed by atoms with Crippen molar-refractivity contribution >= 4 is 23.2 Å². The van der Waals surface area contributed by atoms with Crippen molar-refractivity contribution in [1.29, 1.82) is 0 Å². The molecule has 0 saturated carbocycles. The summed E-state index contributed by atoms with van der Waals surface area (Å²) in [4.78, 5) is 29.5.